The van der Waals surface area contributed by atoms with Crippen LogP contribution in [0.4, 0.5) is 0 Å². The molecule has 0 aliphatic heterocycles. The number of hydrogen-bond donors (Lipinski definition) is 0. The van der Waals surface area contributed by atoms with E-state index < -0.39 is 0 Å². The van der Waals surface area contributed by atoms with E-state index in [1.54, 1.807) is 18.5 Å². The molecule has 3 nitrogen and oxygen atoms in total. The summed E-state index contributed by atoms with van der Waals surface area (Å²) in [6.07, 6.45) is 3.27. The minimum Gasteiger partial charge on any atom is -0.295 e. The number of carbonyl (C=O) groups is 1. The van der Waals surface area contributed by atoms with Crippen LogP contribution in [0.1, 0.15) is 17.3 Å². The Balaban J connectivity index is 2.44. The molecule has 2 aromatic rings. The van der Waals surface area contributed by atoms with Crippen LogP contribution in [-0.2, 0) is 0 Å². The largest absolute Gasteiger partial charge is 0.295 e. The van der Waals surface area contributed by atoms with Gasteiger partial charge in [-0.1, -0.05) is 18.2 Å². The lowest BCUT2D eigenvalue weighted by atomic mass is 10.0. The highest BCUT2D eigenvalue weighted by molar-refractivity contribution is 6.28. The number of benzene rings is 1. The summed E-state index contributed by atoms with van der Waals surface area (Å²) >= 11 is 5.60. The zero-order chi connectivity index (χ0) is 11.5. The lowest BCUT2D eigenvalue weighted by molar-refractivity contribution is 0.101. The summed E-state index contributed by atoms with van der Waals surface area (Å²) in [5.41, 5.74) is 2.42. The number of aromatic nitrogens is 2. The van der Waals surface area contributed by atoms with E-state index in [4.69, 9.17) is 11.6 Å². The molecule has 16 heavy (non-hydrogen) atoms. The van der Waals surface area contributed by atoms with Gasteiger partial charge in [0.25, 0.3) is 0 Å². The topological polar surface area (TPSA) is 42.9 Å². The Morgan fingerprint density at radius 3 is 2.50 bits per heavy atom. The lowest BCUT2D eigenvalue weighted by Crippen LogP contribution is -1.92. The van der Waals surface area contributed by atoms with Crippen molar-refractivity contribution in [2.45, 2.75) is 6.92 Å². The fourth-order valence-corrected chi connectivity index (χ4v) is 1.48. The molecule has 0 atom stereocenters. The number of rotatable bonds is 2. The van der Waals surface area contributed by atoms with Crippen molar-refractivity contribution in [1.82, 2.24) is 9.97 Å². The van der Waals surface area contributed by atoms with Crippen LogP contribution >= 0.6 is 11.6 Å². The zero-order valence-corrected chi connectivity index (χ0v) is 9.40. The quantitative estimate of drug-likeness (QED) is 0.591. The molecule has 1 aromatic heterocycles. The van der Waals surface area contributed by atoms with Crippen molar-refractivity contribution in [2.75, 3.05) is 0 Å². The van der Waals surface area contributed by atoms with Crippen LogP contribution in [0.5, 0.6) is 0 Å². The van der Waals surface area contributed by atoms with E-state index in [0.29, 0.717) is 5.56 Å². The van der Waals surface area contributed by atoms with Crippen molar-refractivity contribution in [3.63, 3.8) is 0 Å². The third-order valence-corrected chi connectivity index (χ3v) is 2.42. The molecule has 0 spiro atoms. The first-order valence-corrected chi connectivity index (χ1v) is 5.13. The fourth-order valence-electron chi connectivity index (χ4n) is 1.38. The van der Waals surface area contributed by atoms with Crippen LogP contribution in [0.15, 0.2) is 36.7 Å². The van der Waals surface area contributed by atoms with Crippen LogP contribution in [0.3, 0.4) is 0 Å². The van der Waals surface area contributed by atoms with Gasteiger partial charge in [0.2, 0.25) is 5.28 Å². The Morgan fingerprint density at radius 2 is 1.88 bits per heavy atom. The standard InChI is InChI=1S/C12H9ClN2O/c1-8(16)9-3-2-4-10(5-9)11-6-14-12(13)15-7-11/h2-7H,1H3. The van der Waals surface area contributed by atoms with E-state index in [0.717, 1.165) is 11.1 Å². The maximum absolute atomic E-state index is 11.2. The van der Waals surface area contributed by atoms with Crippen molar-refractivity contribution < 1.29 is 4.79 Å². The Labute approximate surface area is 98.1 Å². The fraction of sp³-hybridized carbons (Fsp3) is 0.0833. The SMILES string of the molecule is CC(=O)c1cccc(-c2cnc(Cl)nc2)c1. The van der Waals surface area contributed by atoms with Gasteiger partial charge in [-0.3, -0.25) is 4.79 Å². The zero-order valence-electron chi connectivity index (χ0n) is 8.64. The van der Waals surface area contributed by atoms with Gasteiger partial charge >= 0.3 is 0 Å². The minimum atomic E-state index is 0.0386. The third kappa shape index (κ3) is 2.25. The molecular formula is C12H9ClN2O. The van der Waals surface area contributed by atoms with Gasteiger partial charge in [-0.25, -0.2) is 9.97 Å². The summed E-state index contributed by atoms with van der Waals surface area (Å²) in [5.74, 6) is 0.0386. The van der Waals surface area contributed by atoms with Crippen LogP contribution in [0, 0.1) is 0 Å². The molecule has 0 aliphatic rings. The van der Waals surface area contributed by atoms with Gasteiger partial charge in [-0.2, -0.15) is 0 Å². The van der Waals surface area contributed by atoms with Crippen molar-refractivity contribution in [2.24, 2.45) is 0 Å². The van der Waals surface area contributed by atoms with E-state index in [2.05, 4.69) is 9.97 Å². The first kappa shape index (κ1) is 10.8. The van der Waals surface area contributed by atoms with Gasteiger partial charge in [0, 0.05) is 23.5 Å². The lowest BCUT2D eigenvalue weighted by Gasteiger charge is -2.02. The van der Waals surface area contributed by atoms with Gasteiger partial charge in [-0.15, -0.1) is 0 Å². The second kappa shape index (κ2) is 4.41. The Kier molecular flexibility index (Phi) is 2.97. The molecule has 4 heteroatoms. The molecule has 80 valence electrons. The summed E-state index contributed by atoms with van der Waals surface area (Å²) in [7, 11) is 0. The van der Waals surface area contributed by atoms with Gasteiger partial charge < -0.3 is 0 Å². The molecule has 0 saturated heterocycles. The molecule has 0 amide bonds. The molecule has 1 aromatic carbocycles. The average molecular weight is 233 g/mol. The van der Waals surface area contributed by atoms with Crippen molar-refractivity contribution in [1.29, 1.82) is 0 Å². The summed E-state index contributed by atoms with van der Waals surface area (Å²) in [5, 5.41) is 0.214. The number of Topliss-reactive ketones (excluding diaryl/α,β-unsaturated/α-hetero) is 1. The molecule has 1 heterocycles. The highest BCUT2D eigenvalue weighted by Crippen LogP contribution is 2.19. The number of ketones is 1. The summed E-state index contributed by atoms with van der Waals surface area (Å²) in [4.78, 5) is 19.0. The molecule has 2 rings (SSSR count). The Morgan fingerprint density at radius 1 is 1.19 bits per heavy atom. The number of halogens is 1. The highest BCUT2D eigenvalue weighted by Gasteiger charge is 2.03. The summed E-state index contributed by atoms with van der Waals surface area (Å²) in [6.45, 7) is 1.54. The summed E-state index contributed by atoms with van der Waals surface area (Å²) < 4.78 is 0. The van der Waals surface area contributed by atoms with Crippen LogP contribution in [-0.4, -0.2) is 15.8 Å². The molecule has 0 fully saturated rings. The van der Waals surface area contributed by atoms with E-state index in [1.807, 2.05) is 18.2 Å². The Hall–Kier alpha value is -1.74. The van der Waals surface area contributed by atoms with E-state index in [9.17, 15) is 4.79 Å². The monoisotopic (exact) mass is 232 g/mol. The normalized spacial score (nSPS) is 10.1. The number of hydrogen-bond acceptors (Lipinski definition) is 3. The molecular weight excluding hydrogens is 224 g/mol. The smallest absolute Gasteiger partial charge is 0.222 e. The molecule has 0 bridgehead atoms. The number of nitrogens with zero attached hydrogens (tertiary/aromatic N) is 2. The van der Waals surface area contributed by atoms with Crippen LogP contribution < -0.4 is 0 Å². The highest BCUT2D eigenvalue weighted by atomic mass is 35.5. The van der Waals surface area contributed by atoms with Gasteiger partial charge in [0.05, 0.1) is 0 Å². The van der Waals surface area contributed by atoms with Crippen LogP contribution in [0.2, 0.25) is 5.28 Å². The molecule has 0 radical (unpaired) electrons. The van der Waals surface area contributed by atoms with Gasteiger partial charge in [0.1, 0.15) is 0 Å². The second-order valence-corrected chi connectivity index (χ2v) is 3.72. The predicted molar refractivity (Wildman–Crippen MR) is 62.5 cm³/mol. The van der Waals surface area contributed by atoms with Gasteiger partial charge in [-0.05, 0) is 30.2 Å². The summed E-state index contributed by atoms with van der Waals surface area (Å²) in [6, 6.07) is 7.33. The maximum Gasteiger partial charge on any atom is 0.222 e. The van der Waals surface area contributed by atoms with Crippen molar-refractivity contribution >= 4 is 17.4 Å². The Bertz CT molecular complexity index is 523. The predicted octanol–water partition coefficient (Wildman–Crippen LogP) is 3.00. The molecule has 0 saturated carbocycles. The van der Waals surface area contributed by atoms with E-state index >= 15 is 0 Å². The van der Waals surface area contributed by atoms with Crippen molar-refractivity contribution in [3.8, 4) is 11.1 Å². The maximum atomic E-state index is 11.2. The minimum absolute atomic E-state index is 0.0386. The van der Waals surface area contributed by atoms with E-state index in [-0.39, 0.29) is 11.1 Å². The first-order valence-electron chi connectivity index (χ1n) is 4.76. The van der Waals surface area contributed by atoms with E-state index in [1.165, 1.54) is 6.92 Å². The average Bonchev–Trinajstić information content (AvgIpc) is 2.30. The van der Waals surface area contributed by atoms with Gasteiger partial charge in [0.15, 0.2) is 5.78 Å². The molecule has 0 N–H and O–H groups in total. The molecule has 0 aliphatic carbocycles. The molecule has 0 unspecified atom stereocenters. The third-order valence-electron chi connectivity index (χ3n) is 2.22. The first-order chi connectivity index (χ1) is 7.66. The van der Waals surface area contributed by atoms with Crippen molar-refractivity contribution in [3.05, 3.63) is 47.5 Å². The van der Waals surface area contributed by atoms with Crippen LogP contribution in [0.25, 0.3) is 11.1 Å². The second-order valence-electron chi connectivity index (χ2n) is 3.38. The number of carbonyl (C=O) groups excluding carboxylic acids is 1.